The number of aliphatic hydroxyl groups is 1. The zero-order valence-electron chi connectivity index (χ0n) is 8.07. The van der Waals surface area contributed by atoms with Crippen molar-refractivity contribution in [1.82, 2.24) is 0 Å². The molecule has 0 aliphatic heterocycles. The topological polar surface area (TPSA) is 54.4 Å². The molecule has 0 aliphatic rings. The Labute approximate surface area is 106 Å². The van der Waals surface area contributed by atoms with E-state index < -0.39 is 21.2 Å². The molecule has 0 aromatic carbocycles. The first-order chi connectivity index (χ1) is 6.73. The molecule has 86 valence electrons. The van der Waals surface area contributed by atoms with Crippen LogP contribution in [0.1, 0.15) is 17.9 Å². The molecule has 2 atom stereocenters. The monoisotopic (exact) mass is 332 g/mol. The molecule has 0 fully saturated rings. The minimum Gasteiger partial charge on any atom is -0.386 e. The van der Waals surface area contributed by atoms with Crippen molar-refractivity contribution < 1.29 is 13.5 Å². The molecular weight excluding hydrogens is 324 g/mol. The molecule has 0 aliphatic carbocycles. The van der Waals surface area contributed by atoms with Gasteiger partial charge in [0.05, 0.1) is 14.1 Å². The molecule has 0 saturated carbocycles. The first-order valence-electron chi connectivity index (χ1n) is 4.05. The van der Waals surface area contributed by atoms with Gasteiger partial charge in [-0.2, -0.15) is 0 Å². The number of hydrogen-bond acceptors (Lipinski definition) is 4. The van der Waals surface area contributed by atoms with Crippen LogP contribution in [0.25, 0.3) is 0 Å². The Morgan fingerprint density at radius 3 is 2.47 bits per heavy atom. The lowest BCUT2D eigenvalue weighted by Gasteiger charge is -2.15. The van der Waals surface area contributed by atoms with Crippen LogP contribution in [0.4, 0.5) is 0 Å². The molecule has 1 heterocycles. The largest absolute Gasteiger partial charge is 0.386 e. The molecule has 0 bridgehead atoms. The highest BCUT2D eigenvalue weighted by Gasteiger charge is 2.27. The Morgan fingerprint density at radius 1 is 1.60 bits per heavy atom. The van der Waals surface area contributed by atoms with Gasteiger partial charge in [-0.3, -0.25) is 0 Å². The Balaban J connectivity index is 3.00. The van der Waals surface area contributed by atoms with Crippen LogP contribution in [0.15, 0.2) is 9.85 Å². The summed E-state index contributed by atoms with van der Waals surface area (Å²) in [5.41, 5.74) is 0. The van der Waals surface area contributed by atoms with Gasteiger partial charge < -0.3 is 5.11 Å². The molecule has 3 nitrogen and oxygen atoms in total. The van der Waals surface area contributed by atoms with Crippen molar-refractivity contribution in [2.24, 2.45) is 0 Å². The van der Waals surface area contributed by atoms with Crippen LogP contribution in [0.5, 0.6) is 0 Å². The zero-order valence-corrected chi connectivity index (χ0v) is 12.0. The van der Waals surface area contributed by atoms with Gasteiger partial charge in [0.25, 0.3) is 0 Å². The van der Waals surface area contributed by atoms with Crippen LogP contribution in [-0.4, -0.2) is 25.0 Å². The molecule has 0 radical (unpaired) electrons. The molecule has 0 spiro atoms. The van der Waals surface area contributed by atoms with Crippen LogP contribution < -0.4 is 0 Å². The van der Waals surface area contributed by atoms with Crippen molar-refractivity contribution >= 4 is 48.7 Å². The maximum Gasteiger partial charge on any atom is 0.152 e. The lowest BCUT2D eigenvalue weighted by molar-refractivity contribution is 0.180. The first kappa shape index (κ1) is 13.4. The Hall–Kier alpha value is 0.380. The highest BCUT2D eigenvalue weighted by Crippen LogP contribution is 2.37. The van der Waals surface area contributed by atoms with Crippen molar-refractivity contribution in [1.29, 1.82) is 0 Å². The van der Waals surface area contributed by atoms with Crippen LogP contribution >= 0.6 is 38.9 Å². The highest BCUT2D eigenvalue weighted by molar-refractivity contribution is 9.11. The van der Waals surface area contributed by atoms with Gasteiger partial charge in [-0.15, -0.1) is 11.3 Å². The second-order valence-electron chi connectivity index (χ2n) is 3.25. The second kappa shape index (κ2) is 4.71. The average molecular weight is 334 g/mol. The first-order valence-corrected chi connectivity index (χ1v) is 7.99. The zero-order chi connectivity index (χ0) is 11.8. The summed E-state index contributed by atoms with van der Waals surface area (Å²) in [6.07, 6.45) is 0.0688. The van der Waals surface area contributed by atoms with Crippen molar-refractivity contribution in [3.05, 3.63) is 19.8 Å². The molecular formula is C8H10BrClO3S2. The third-order valence-corrected chi connectivity index (χ3v) is 6.23. The minimum absolute atomic E-state index is 0.481. The Kier molecular flexibility index (Phi) is 4.22. The van der Waals surface area contributed by atoms with Crippen LogP contribution in [0.2, 0.25) is 5.02 Å². The van der Waals surface area contributed by atoms with E-state index in [9.17, 15) is 13.5 Å². The van der Waals surface area contributed by atoms with Gasteiger partial charge in [0.1, 0.15) is 6.10 Å². The SMILES string of the molecule is CC(C(O)c1cc(Cl)c(Br)s1)S(C)(=O)=O. The summed E-state index contributed by atoms with van der Waals surface area (Å²) in [6, 6.07) is 1.57. The standard InChI is InChI=1S/C8H10BrClO3S2/c1-4(15(2,12)13)7(11)6-3-5(10)8(9)14-6/h3-4,7,11H,1-2H3. The molecule has 7 heteroatoms. The minimum atomic E-state index is -3.26. The van der Waals surface area contributed by atoms with Gasteiger partial charge in [-0.1, -0.05) is 11.6 Å². The number of thiophene rings is 1. The quantitative estimate of drug-likeness (QED) is 0.925. The third-order valence-electron chi connectivity index (χ3n) is 2.08. The number of hydrogen-bond donors (Lipinski definition) is 1. The van der Waals surface area contributed by atoms with Gasteiger partial charge in [-0.25, -0.2) is 8.42 Å². The second-order valence-corrected chi connectivity index (χ2v) is 8.46. The predicted molar refractivity (Wildman–Crippen MR) is 66.3 cm³/mol. The van der Waals surface area contributed by atoms with E-state index in [-0.39, 0.29) is 0 Å². The van der Waals surface area contributed by atoms with Crippen molar-refractivity contribution in [2.75, 3.05) is 6.26 Å². The maximum atomic E-state index is 11.2. The van der Waals surface area contributed by atoms with E-state index in [1.54, 1.807) is 6.07 Å². The summed E-state index contributed by atoms with van der Waals surface area (Å²) >= 11 is 10.2. The molecule has 1 rings (SSSR count). The van der Waals surface area contributed by atoms with Crippen molar-refractivity contribution in [2.45, 2.75) is 18.3 Å². The number of aliphatic hydroxyl groups excluding tert-OH is 1. The smallest absolute Gasteiger partial charge is 0.152 e. The average Bonchev–Trinajstić information content (AvgIpc) is 2.43. The molecule has 2 unspecified atom stereocenters. The fourth-order valence-corrected chi connectivity index (χ4v) is 3.51. The predicted octanol–water partition coefficient (Wildman–Crippen LogP) is 2.63. The normalized spacial score (nSPS) is 16.3. The molecule has 1 aromatic heterocycles. The fraction of sp³-hybridized carbons (Fsp3) is 0.500. The van der Waals surface area contributed by atoms with E-state index in [0.717, 1.165) is 6.26 Å². The number of rotatable bonds is 3. The van der Waals surface area contributed by atoms with Gasteiger partial charge >= 0.3 is 0 Å². The molecule has 0 amide bonds. The summed E-state index contributed by atoms with van der Waals surface area (Å²) in [6.45, 7) is 1.47. The van der Waals surface area contributed by atoms with E-state index in [1.807, 2.05) is 0 Å². The lowest BCUT2D eigenvalue weighted by atomic mass is 10.2. The molecule has 1 aromatic rings. The van der Waals surface area contributed by atoms with E-state index >= 15 is 0 Å². The lowest BCUT2D eigenvalue weighted by Crippen LogP contribution is -2.23. The van der Waals surface area contributed by atoms with Gasteiger partial charge in [0.2, 0.25) is 0 Å². The van der Waals surface area contributed by atoms with Gasteiger partial charge in [0.15, 0.2) is 9.84 Å². The Bertz CT molecular complexity index is 435. The molecule has 15 heavy (non-hydrogen) atoms. The summed E-state index contributed by atoms with van der Waals surface area (Å²) in [5.74, 6) is 0. The third kappa shape index (κ3) is 3.17. The van der Waals surface area contributed by atoms with Crippen molar-refractivity contribution in [3.8, 4) is 0 Å². The fourth-order valence-electron chi connectivity index (χ4n) is 0.975. The van der Waals surface area contributed by atoms with Gasteiger partial charge in [0, 0.05) is 11.1 Å². The number of sulfone groups is 1. The summed E-state index contributed by atoms with van der Waals surface area (Å²) in [7, 11) is -3.26. The summed E-state index contributed by atoms with van der Waals surface area (Å²) in [4.78, 5) is 0.546. The van der Waals surface area contributed by atoms with Crippen LogP contribution in [0, 0.1) is 0 Å². The molecule has 1 N–H and O–H groups in total. The van der Waals surface area contributed by atoms with Crippen LogP contribution in [0.3, 0.4) is 0 Å². The van der Waals surface area contributed by atoms with E-state index in [2.05, 4.69) is 15.9 Å². The van der Waals surface area contributed by atoms with Crippen LogP contribution in [-0.2, 0) is 9.84 Å². The van der Waals surface area contributed by atoms with E-state index in [0.29, 0.717) is 13.7 Å². The molecule has 0 saturated heterocycles. The summed E-state index contributed by atoms with van der Waals surface area (Å²) < 4.78 is 23.2. The number of halogens is 2. The summed E-state index contributed by atoms with van der Waals surface area (Å²) in [5, 5.41) is 9.46. The highest BCUT2D eigenvalue weighted by atomic mass is 79.9. The van der Waals surface area contributed by atoms with Crippen molar-refractivity contribution in [3.63, 3.8) is 0 Å². The van der Waals surface area contributed by atoms with E-state index in [1.165, 1.54) is 18.3 Å². The Morgan fingerprint density at radius 2 is 2.13 bits per heavy atom. The van der Waals surface area contributed by atoms with E-state index in [4.69, 9.17) is 11.6 Å². The maximum absolute atomic E-state index is 11.2. The van der Waals surface area contributed by atoms with Gasteiger partial charge in [-0.05, 0) is 28.9 Å².